The van der Waals surface area contributed by atoms with Crippen LogP contribution in [0.5, 0.6) is 0 Å². The number of rotatable bonds is 4. The number of hydrogen-bond acceptors (Lipinski definition) is 6. The Hall–Kier alpha value is -3.78. The number of Topliss-reactive ketones (excluding diaryl/α,β-unsaturated/α-hetero) is 1. The summed E-state index contributed by atoms with van der Waals surface area (Å²) >= 11 is 0. The number of benzene rings is 2. The molecule has 8 heteroatoms. The lowest BCUT2D eigenvalue weighted by Crippen LogP contribution is -2.52. The first-order chi connectivity index (χ1) is 16.0. The average molecular weight is 443 g/mol. The van der Waals surface area contributed by atoms with Gasteiger partial charge in [-0.3, -0.25) is 24.6 Å². The zero-order valence-electron chi connectivity index (χ0n) is 17.6. The minimum Gasteiger partial charge on any atom is -0.461 e. The van der Waals surface area contributed by atoms with E-state index in [0.717, 1.165) is 18.4 Å². The number of para-hydroxylation sites is 1. The van der Waals surface area contributed by atoms with Gasteiger partial charge < -0.3 is 9.73 Å². The quantitative estimate of drug-likeness (QED) is 0.370. The number of nitrogens with zero attached hydrogens (tertiary/aromatic N) is 2. The second-order valence-corrected chi connectivity index (χ2v) is 8.87. The molecular formula is C25H21N3O5. The van der Waals surface area contributed by atoms with Gasteiger partial charge in [-0.2, -0.15) is 0 Å². The van der Waals surface area contributed by atoms with E-state index < -0.39 is 22.3 Å². The van der Waals surface area contributed by atoms with Crippen molar-refractivity contribution < 1.29 is 18.9 Å². The van der Waals surface area contributed by atoms with Gasteiger partial charge in [0.15, 0.2) is 5.76 Å². The van der Waals surface area contributed by atoms with Crippen LogP contribution in [0.2, 0.25) is 0 Å². The summed E-state index contributed by atoms with van der Waals surface area (Å²) in [5.74, 6) is -1.50. The molecule has 0 unspecified atom stereocenters. The SMILES string of the molecule is O=C(c1ccco1)[C@@H]1[C@H](c2cccc([N+](=O)[O-])c2)[C@@H]2CCCN2[C@]12C(=O)Nc1ccccc12. The predicted octanol–water partition coefficient (Wildman–Crippen LogP) is 4.10. The summed E-state index contributed by atoms with van der Waals surface area (Å²) in [4.78, 5) is 41.1. The number of amides is 1. The van der Waals surface area contributed by atoms with Crippen molar-refractivity contribution in [3.63, 3.8) is 0 Å². The number of fused-ring (bicyclic) bond motifs is 4. The topological polar surface area (TPSA) is 106 Å². The fraction of sp³-hybridized carbons (Fsp3) is 0.280. The Morgan fingerprint density at radius 1 is 1.15 bits per heavy atom. The van der Waals surface area contributed by atoms with Gasteiger partial charge in [-0.25, -0.2) is 0 Å². The molecule has 1 aromatic heterocycles. The van der Waals surface area contributed by atoms with Crippen LogP contribution < -0.4 is 5.32 Å². The van der Waals surface area contributed by atoms with Crippen LogP contribution in [0.3, 0.4) is 0 Å². The first kappa shape index (κ1) is 19.9. The van der Waals surface area contributed by atoms with Crippen LogP contribution in [0.1, 0.15) is 40.4 Å². The maximum atomic E-state index is 14.0. The van der Waals surface area contributed by atoms with Gasteiger partial charge in [0.1, 0.15) is 5.54 Å². The second kappa shape index (κ2) is 7.11. The third-order valence-electron chi connectivity index (χ3n) is 7.42. The van der Waals surface area contributed by atoms with Gasteiger partial charge in [-0.15, -0.1) is 0 Å². The Morgan fingerprint density at radius 2 is 2.00 bits per heavy atom. The molecule has 1 amide bonds. The fourth-order valence-electron chi connectivity index (χ4n) is 6.31. The Labute approximate surface area is 189 Å². The van der Waals surface area contributed by atoms with Crippen molar-refractivity contribution in [2.75, 3.05) is 11.9 Å². The first-order valence-corrected chi connectivity index (χ1v) is 11.0. The molecule has 3 aromatic rings. The minimum absolute atomic E-state index is 0.0292. The largest absolute Gasteiger partial charge is 0.461 e. The monoisotopic (exact) mass is 443 g/mol. The maximum absolute atomic E-state index is 14.0. The van der Waals surface area contributed by atoms with Crippen LogP contribution in [0, 0.1) is 16.0 Å². The number of non-ortho nitro benzene ring substituents is 1. The third kappa shape index (κ3) is 2.61. The number of hydrogen-bond donors (Lipinski definition) is 1. The zero-order chi connectivity index (χ0) is 22.7. The van der Waals surface area contributed by atoms with Gasteiger partial charge in [0.25, 0.3) is 5.69 Å². The number of furan rings is 1. The summed E-state index contributed by atoms with van der Waals surface area (Å²) in [6, 6.07) is 17.1. The van der Waals surface area contributed by atoms with E-state index in [1.165, 1.54) is 12.3 Å². The number of nitro benzene ring substituents is 1. The van der Waals surface area contributed by atoms with Crippen molar-refractivity contribution in [1.82, 2.24) is 4.90 Å². The Bertz CT molecular complexity index is 1290. The molecule has 0 aliphatic carbocycles. The summed E-state index contributed by atoms with van der Waals surface area (Å²) in [6.07, 6.45) is 3.13. The highest BCUT2D eigenvalue weighted by atomic mass is 16.6. The lowest BCUT2D eigenvalue weighted by atomic mass is 9.69. The van der Waals surface area contributed by atoms with Gasteiger partial charge in [0.05, 0.1) is 17.1 Å². The average Bonchev–Trinajstić information content (AvgIpc) is 3.59. The lowest BCUT2D eigenvalue weighted by Gasteiger charge is -2.36. The molecule has 2 saturated heterocycles. The van der Waals surface area contributed by atoms with Gasteiger partial charge in [-0.1, -0.05) is 30.3 Å². The number of ketones is 1. The van der Waals surface area contributed by atoms with Gasteiger partial charge in [-0.05, 0) is 43.1 Å². The number of carbonyl (C=O) groups is 2. The van der Waals surface area contributed by atoms with Crippen LogP contribution in [-0.2, 0) is 10.3 Å². The molecule has 2 fully saturated rings. The van der Waals surface area contributed by atoms with Crippen molar-refractivity contribution in [2.45, 2.75) is 30.3 Å². The minimum atomic E-state index is -1.20. The molecule has 1 spiro atoms. The van der Waals surface area contributed by atoms with Crippen LogP contribution in [0.15, 0.2) is 71.3 Å². The molecule has 4 heterocycles. The van der Waals surface area contributed by atoms with E-state index in [4.69, 9.17) is 4.42 Å². The highest BCUT2D eigenvalue weighted by molar-refractivity contribution is 6.11. The molecule has 33 heavy (non-hydrogen) atoms. The van der Waals surface area contributed by atoms with Crippen LogP contribution in [-0.4, -0.2) is 34.1 Å². The normalized spacial score (nSPS) is 28.0. The maximum Gasteiger partial charge on any atom is 0.269 e. The van der Waals surface area contributed by atoms with E-state index in [-0.39, 0.29) is 29.2 Å². The summed E-state index contributed by atoms with van der Waals surface area (Å²) in [6.45, 7) is 0.666. The van der Waals surface area contributed by atoms with E-state index in [0.29, 0.717) is 17.8 Å². The van der Waals surface area contributed by atoms with Crippen molar-refractivity contribution in [3.8, 4) is 0 Å². The highest BCUT2D eigenvalue weighted by Crippen LogP contribution is 2.61. The van der Waals surface area contributed by atoms with E-state index in [2.05, 4.69) is 10.2 Å². The molecule has 4 atom stereocenters. The number of anilines is 1. The summed E-state index contributed by atoms with van der Waals surface area (Å²) < 4.78 is 5.49. The van der Waals surface area contributed by atoms with Crippen molar-refractivity contribution >= 4 is 23.1 Å². The van der Waals surface area contributed by atoms with Crippen LogP contribution >= 0.6 is 0 Å². The molecule has 0 bridgehead atoms. The van der Waals surface area contributed by atoms with Crippen molar-refractivity contribution in [2.24, 2.45) is 5.92 Å². The standard InChI is InChI=1S/C25H21N3O5/c29-23(20-11-5-13-33-20)22-21(15-6-3-7-16(14-15)28(31)32)19-10-4-12-27(19)25(22)17-8-1-2-9-18(17)26-24(25)30/h1-3,5-9,11,13-14,19,21-22H,4,10,12H2,(H,26,30)/t19-,21+,22-,25-/m0/s1. The Balaban J connectivity index is 1.62. The fourth-order valence-corrected chi connectivity index (χ4v) is 6.31. The van der Waals surface area contributed by atoms with Gasteiger partial charge in [0.2, 0.25) is 11.7 Å². The van der Waals surface area contributed by atoms with E-state index in [9.17, 15) is 19.7 Å². The zero-order valence-corrected chi connectivity index (χ0v) is 17.6. The van der Waals surface area contributed by atoms with E-state index >= 15 is 0 Å². The third-order valence-corrected chi connectivity index (χ3v) is 7.42. The van der Waals surface area contributed by atoms with Crippen molar-refractivity contribution in [3.05, 3.63) is 93.9 Å². The van der Waals surface area contributed by atoms with Crippen molar-refractivity contribution in [1.29, 1.82) is 0 Å². The number of nitro groups is 1. The molecule has 3 aliphatic heterocycles. The summed E-state index contributed by atoms with van der Waals surface area (Å²) in [7, 11) is 0. The Kier molecular flexibility index (Phi) is 4.28. The summed E-state index contributed by atoms with van der Waals surface area (Å²) in [5.41, 5.74) is 0.944. The molecule has 3 aliphatic rings. The summed E-state index contributed by atoms with van der Waals surface area (Å²) in [5, 5.41) is 14.5. The molecule has 166 valence electrons. The highest BCUT2D eigenvalue weighted by Gasteiger charge is 2.69. The molecule has 2 aromatic carbocycles. The second-order valence-electron chi connectivity index (χ2n) is 8.87. The first-order valence-electron chi connectivity index (χ1n) is 11.0. The van der Waals surface area contributed by atoms with Crippen LogP contribution in [0.4, 0.5) is 11.4 Å². The molecular weight excluding hydrogens is 422 g/mol. The van der Waals surface area contributed by atoms with E-state index in [1.54, 1.807) is 24.3 Å². The molecule has 1 N–H and O–H groups in total. The van der Waals surface area contributed by atoms with Gasteiger partial charge in [0, 0.05) is 35.3 Å². The smallest absolute Gasteiger partial charge is 0.269 e. The number of nitrogens with one attached hydrogen (secondary N) is 1. The Morgan fingerprint density at radius 3 is 2.79 bits per heavy atom. The molecule has 6 rings (SSSR count). The number of carbonyl (C=O) groups excluding carboxylic acids is 2. The van der Waals surface area contributed by atoms with Gasteiger partial charge >= 0.3 is 0 Å². The van der Waals surface area contributed by atoms with Crippen LogP contribution in [0.25, 0.3) is 0 Å². The van der Waals surface area contributed by atoms with E-state index in [1.807, 2.05) is 30.3 Å². The molecule has 0 radical (unpaired) electrons. The predicted molar refractivity (Wildman–Crippen MR) is 119 cm³/mol. The molecule has 0 saturated carbocycles. The molecule has 8 nitrogen and oxygen atoms in total. The lowest BCUT2D eigenvalue weighted by molar-refractivity contribution is -0.384.